The van der Waals surface area contributed by atoms with Gasteiger partial charge in [0.05, 0.1) is 18.2 Å². The average molecular weight is 253 g/mol. The summed E-state index contributed by atoms with van der Waals surface area (Å²) in [5.41, 5.74) is -1.44. The molecular formula is C12H19N3O3. The average Bonchev–Trinajstić information content (AvgIpc) is 2.26. The van der Waals surface area contributed by atoms with Crippen molar-refractivity contribution in [2.24, 2.45) is 0 Å². The van der Waals surface area contributed by atoms with Crippen LogP contribution in [-0.2, 0) is 4.74 Å². The van der Waals surface area contributed by atoms with Gasteiger partial charge in [-0.15, -0.1) is 0 Å². The number of carbonyl (C=O) groups excluding carboxylic acids is 1. The van der Waals surface area contributed by atoms with Crippen LogP contribution < -0.4 is 5.32 Å². The molecule has 0 atom stereocenters. The summed E-state index contributed by atoms with van der Waals surface area (Å²) in [5, 5.41) is 13.1. The number of aromatic nitrogens is 2. The number of ether oxygens (including phenoxy) is 1. The van der Waals surface area contributed by atoms with Crippen LogP contribution in [0, 0.1) is 0 Å². The molecule has 100 valence electrons. The van der Waals surface area contributed by atoms with Crippen LogP contribution in [0.4, 0.5) is 5.82 Å². The van der Waals surface area contributed by atoms with Crippen LogP contribution in [0.25, 0.3) is 0 Å². The second-order valence-corrected chi connectivity index (χ2v) is 5.09. The van der Waals surface area contributed by atoms with Crippen molar-refractivity contribution in [3.63, 3.8) is 0 Å². The van der Waals surface area contributed by atoms with Gasteiger partial charge in [0.2, 0.25) is 0 Å². The Morgan fingerprint density at radius 1 is 1.39 bits per heavy atom. The maximum atomic E-state index is 11.6. The Balaban J connectivity index is 3.09. The van der Waals surface area contributed by atoms with Crippen LogP contribution in [-0.4, -0.2) is 39.3 Å². The minimum Gasteiger partial charge on any atom is -0.465 e. The summed E-state index contributed by atoms with van der Waals surface area (Å²) in [6.45, 7) is 6.99. The van der Waals surface area contributed by atoms with Gasteiger partial charge in [0.1, 0.15) is 17.7 Å². The third kappa shape index (κ3) is 2.95. The third-order valence-electron chi connectivity index (χ3n) is 3.08. The van der Waals surface area contributed by atoms with Crippen molar-refractivity contribution in [2.75, 3.05) is 12.4 Å². The molecular weight excluding hydrogens is 234 g/mol. The molecule has 1 aromatic rings. The van der Waals surface area contributed by atoms with Gasteiger partial charge < -0.3 is 15.2 Å². The van der Waals surface area contributed by atoms with Crippen molar-refractivity contribution in [3.8, 4) is 0 Å². The van der Waals surface area contributed by atoms with Gasteiger partial charge in [0, 0.05) is 6.20 Å². The minimum atomic E-state index is -0.995. The van der Waals surface area contributed by atoms with Crippen molar-refractivity contribution < 1.29 is 14.6 Å². The smallest absolute Gasteiger partial charge is 0.343 e. The Labute approximate surface area is 106 Å². The van der Waals surface area contributed by atoms with E-state index in [1.54, 1.807) is 13.8 Å². The number of aliphatic hydroxyl groups is 1. The fourth-order valence-corrected chi connectivity index (χ4v) is 1.14. The largest absolute Gasteiger partial charge is 0.465 e. The Morgan fingerprint density at radius 2 is 2.00 bits per heavy atom. The van der Waals surface area contributed by atoms with Crippen molar-refractivity contribution >= 4 is 11.8 Å². The molecule has 6 heteroatoms. The highest BCUT2D eigenvalue weighted by Crippen LogP contribution is 2.26. The molecule has 1 aromatic heterocycles. The summed E-state index contributed by atoms with van der Waals surface area (Å²) in [4.78, 5) is 19.4. The van der Waals surface area contributed by atoms with Crippen LogP contribution in [0.15, 0.2) is 12.5 Å². The van der Waals surface area contributed by atoms with Crippen molar-refractivity contribution in [3.05, 3.63) is 18.1 Å². The molecule has 18 heavy (non-hydrogen) atoms. The Morgan fingerprint density at radius 3 is 2.50 bits per heavy atom. The van der Waals surface area contributed by atoms with Gasteiger partial charge in [0.25, 0.3) is 0 Å². The molecule has 0 unspecified atom stereocenters. The van der Waals surface area contributed by atoms with Crippen LogP contribution in [0.2, 0.25) is 0 Å². The standard InChI is InChI=1S/C12H19N3O3/c1-11(2,12(3,4)17)15-9-8(10(16)18-5)6-13-7-14-9/h6-7,17H,1-5H3,(H,13,14,15). The van der Waals surface area contributed by atoms with Gasteiger partial charge in [-0.3, -0.25) is 0 Å². The zero-order chi connectivity index (χ0) is 14.0. The van der Waals surface area contributed by atoms with Gasteiger partial charge in [-0.1, -0.05) is 0 Å². The molecule has 0 aromatic carbocycles. The van der Waals surface area contributed by atoms with Crippen molar-refractivity contribution in [1.82, 2.24) is 9.97 Å². The second-order valence-electron chi connectivity index (χ2n) is 5.09. The number of nitrogens with zero attached hydrogens (tertiary/aromatic N) is 2. The lowest BCUT2D eigenvalue weighted by Gasteiger charge is -2.38. The molecule has 2 N–H and O–H groups in total. The van der Waals surface area contributed by atoms with E-state index in [9.17, 15) is 9.90 Å². The summed E-state index contributed by atoms with van der Waals surface area (Å²) in [5.74, 6) is -0.186. The number of methoxy groups -OCH3 is 1. The lowest BCUT2D eigenvalue weighted by Crippen LogP contribution is -2.51. The number of esters is 1. The second kappa shape index (κ2) is 4.89. The number of carbonyl (C=O) groups is 1. The first-order chi connectivity index (χ1) is 8.19. The molecule has 0 fully saturated rings. The molecule has 0 spiro atoms. The van der Waals surface area contributed by atoms with E-state index < -0.39 is 17.1 Å². The number of anilines is 1. The van der Waals surface area contributed by atoms with Gasteiger partial charge in [-0.05, 0) is 27.7 Å². The zero-order valence-corrected chi connectivity index (χ0v) is 11.3. The fraction of sp³-hybridized carbons (Fsp3) is 0.583. The van der Waals surface area contributed by atoms with E-state index in [-0.39, 0.29) is 5.56 Å². The zero-order valence-electron chi connectivity index (χ0n) is 11.3. The first-order valence-corrected chi connectivity index (χ1v) is 5.58. The lowest BCUT2D eigenvalue weighted by atomic mass is 9.86. The van der Waals surface area contributed by atoms with E-state index in [1.165, 1.54) is 19.6 Å². The van der Waals surface area contributed by atoms with Crippen LogP contribution >= 0.6 is 0 Å². The molecule has 0 aliphatic carbocycles. The minimum absolute atomic E-state index is 0.234. The molecule has 1 heterocycles. The normalized spacial score (nSPS) is 12.1. The molecule has 6 nitrogen and oxygen atoms in total. The summed E-state index contributed by atoms with van der Waals surface area (Å²) < 4.78 is 4.66. The molecule has 1 rings (SSSR count). The van der Waals surface area contributed by atoms with Gasteiger partial charge >= 0.3 is 5.97 Å². The maximum Gasteiger partial charge on any atom is 0.343 e. The summed E-state index contributed by atoms with van der Waals surface area (Å²) in [6.07, 6.45) is 2.71. The predicted molar refractivity (Wildman–Crippen MR) is 67.4 cm³/mol. The Hall–Kier alpha value is -1.69. The van der Waals surface area contributed by atoms with E-state index in [0.29, 0.717) is 5.82 Å². The summed E-state index contributed by atoms with van der Waals surface area (Å²) >= 11 is 0. The predicted octanol–water partition coefficient (Wildman–Crippen LogP) is 1.22. The number of hydrogen-bond donors (Lipinski definition) is 2. The van der Waals surface area contributed by atoms with Crippen LogP contribution in [0.5, 0.6) is 0 Å². The monoisotopic (exact) mass is 253 g/mol. The van der Waals surface area contributed by atoms with Crippen molar-refractivity contribution in [1.29, 1.82) is 0 Å². The molecule has 0 aliphatic heterocycles. The SMILES string of the molecule is COC(=O)c1cncnc1NC(C)(C)C(C)(C)O. The molecule has 0 radical (unpaired) electrons. The van der Waals surface area contributed by atoms with Gasteiger partial charge in [0.15, 0.2) is 0 Å². The number of nitrogens with one attached hydrogen (secondary N) is 1. The quantitative estimate of drug-likeness (QED) is 0.785. The highest BCUT2D eigenvalue weighted by atomic mass is 16.5. The van der Waals surface area contributed by atoms with E-state index in [2.05, 4.69) is 20.0 Å². The van der Waals surface area contributed by atoms with Crippen molar-refractivity contribution in [2.45, 2.75) is 38.8 Å². The topological polar surface area (TPSA) is 84.3 Å². The van der Waals surface area contributed by atoms with Crippen LogP contribution in [0.1, 0.15) is 38.1 Å². The first kappa shape index (κ1) is 14.4. The highest BCUT2D eigenvalue weighted by Gasteiger charge is 2.36. The van der Waals surface area contributed by atoms with E-state index >= 15 is 0 Å². The van der Waals surface area contributed by atoms with E-state index in [1.807, 2.05) is 13.8 Å². The molecule has 0 aliphatic rings. The molecule has 0 bridgehead atoms. The summed E-state index contributed by atoms with van der Waals surface area (Å²) in [6, 6.07) is 0. The van der Waals surface area contributed by atoms with E-state index in [0.717, 1.165) is 0 Å². The fourth-order valence-electron chi connectivity index (χ4n) is 1.14. The lowest BCUT2D eigenvalue weighted by molar-refractivity contribution is 0.0237. The summed E-state index contributed by atoms with van der Waals surface area (Å²) in [7, 11) is 1.29. The third-order valence-corrected chi connectivity index (χ3v) is 3.08. The van der Waals surface area contributed by atoms with Crippen LogP contribution in [0.3, 0.4) is 0 Å². The Bertz CT molecular complexity index is 438. The first-order valence-electron chi connectivity index (χ1n) is 5.58. The molecule has 0 saturated carbocycles. The maximum absolute atomic E-state index is 11.6. The number of hydrogen-bond acceptors (Lipinski definition) is 6. The Kier molecular flexibility index (Phi) is 3.91. The molecule has 0 amide bonds. The highest BCUT2D eigenvalue weighted by molar-refractivity contribution is 5.94. The molecule has 0 saturated heterocycles. The van der Waals surface area contributed by atoms with Gasteiger partial charge in [-0.25, -0.2) is 14.8 Å². The number of rotatable bonds is 4. The van der Waals surface area contributed by atoms with Gasteiger partial charge in [-0.2, -0.15) is 0 Å². The van der Waals surface area contributed by atoms with E-state index in [4.69, 9.17) is 0 Å².